The number of aliphatic imine (C=N–C) groups is 1. The van der Waals surface area contributed by atoms with Gasteiger partial charge in [-0.3, -0.25) is 4.99 Å². The van der Waals surface area contributed by atoms with Crippen molar-refractivity contribution in [1.29, 1.82) is 0 Å². The van der Waals surface area contributed by atoms with Crippen LogP contribution in [0.25, 0.3) is 0 Å². The van der Waals surface area contributed by atoms with Crippen LogP contribution in [0.2, 0.25) is 0 Å². The molecule has 26 heavy (non-hydrogen) atoms. The molecule has 2 atom stereocenters. The molecule has 0 N–H and O–H groups in total. The highest BCUT2D eigenvalue weighted by Crippen LogP contribution is 2.36. The third kappa shape index (κ3) is 3.38. The van der Waals surface area contributed by atoms with Gasteiger partial charge in [-0.15, -0.1) is 0 Å². The minimum Gasteiger partial charge on any atom is -0.312 e. The smallest absolute Gasteiger partial charge is 0.164 e. The summed E-state index contributed by atoms with van der Waals surface area (Å²) in [7, 11) is -3.14. The molecule has 0 bridgehead atoms. The lowest BCUT2D eigenvalue weighted by atomic mass is 10.1. The number of halogens is 1. The number of aryl methyl sites for hydroxylation is 1. The minimum absolute atomic E-state index is 0.0179. The van der Waals surface area contributed by atoms with Gasteiger partial charge in [0.2, 0.25) is 0 Å². The fourth-order valence-electron chi connectivity index (χ4n) is 3.39. The molecule has 2 aliphatic heterocycles. The molecule has 7 heteroatoms. The first kappa shape index (κ1) is 17.5. The molecule has 4 rings (SSSR count). The zero-order valence-electron chi connectivity index (χ0n) is 14.3. The van der Waals surface area contributed by atoms with Crippen LogP contribution in [0.4, 0.5) is 10.1 Å². The molecule has 0 unspecified atom stereocenters. The molecular formula is C19H19FN2O2S2. The summed E-state index contributed by atoms with van der Waals surface area (Å²) in [6, 6.07) is 14.1. The second kappa shape index (κ2) is 6.70. The number of para-hydroxylation sites is 1. The Balaban J connectivity index is 1.63. The van der Waals surface area contributed by atoms with Gasteiger partial charge in [-0.25, -0.2) is 12.8 Å². The summed E-state index contributed by atoms with van der Waals surface area (Å²) in [5, 5.41) is 0.695. The Morgan fingerprint density at radius 1 is 1.15 bits per heavy atom. The monoisotopic (exact) mass is 390 g/mol. The van der Waals surface area contributed by atoms with Crippen molar-refractivity contribution in [2.75, 3.05) is 16.4 Å². The molecule has 2 aromatic rings. The fourth-order valence-corrected chi connectivity index (χ4v) is 6.31. The Bertz CT molecular complexity index is 958. The number of fused-ring (bicyclic) bond motifs is 1. The van der Waals surface area contributed by atoms with Gasteiger partial charge < -0.3 is 4.90 Å². The van der Waals surface area contributed by atoms with E-state index in [9.17, 15) is 12.8 Å². The summed E-state index contributed by atoms with van der Waals surface area (Å²) >= 11 is 1.53. The van der Waals surface area contributed by atoms with Crippen LogP contribution >= 0.6 is 11.8 Å². The van der Waals surface area contributed by atoms with Crippen molar-refractivity contribution in [2.24, 2.45) is 4.99 Å². The van der Waals surface area contributed by atoms with Crippen LogP contribution in [0.3, 0.4) is 0 Å². The average Bonchev–Trinajstić information content (AvgIpc) is 3.06. The first-order chi connectivity index (χ1) is 12.4. The summed E-state index contributed by atoms with van der Waals surface area (Å²) in [6.07, 6.45) is 0. The van der Waals surface area contributed by atoms with Gasteiger partial charge >= 0.3 is 0 Å². The zero-order valence-corrected chi connectivity index (χ0v) is 15.9. The number of hydrogen-bond donors (Lipinski definition) is 0. The molecule has 136 valence electrons. The lowest BCUT2D eigenvalue weighted by Gasteiger charge is -2.26. The van der Waals surface area contributed by atoms with Crippen molar-refractivity contribution in [2.45, 2.75) is 24.8 Å². The van der Waals surface area contributed by atoms with Crippen molar-refractivity contribution in [1.82, 2.24) is 0 Å². The number of nitrogens with zero attached hydrogens (tertiary/aromatic N) is 2. The lowest BCUT2D eigenvalue weighted by molar-refractivity contribution is 0.600. The molecule has 0 aliphatic carbocycles. The molecule has 0 spiro atoms. The van der Waals surface area contributed by atoms with Gasteiger partial charge in [0.1, 0.15) is 5.82 Å². The first-order valence-corrected chi connectivity index (χ1v) is 11.2. The summed E-state index contributed by atoms with van der Waals surface area (Å²) in [5.41, 5.74) is 2.75. The Hall–Kier alpha value is -1.86. The van der Waals surface area contributed by atoms with Crippen molar-refractivity contribution in [3.63, 3.8) is 0 Å². The molecule has 2 aliphatic rings. The summed E-state index contributed by atoms with van der Waals surface area (Å²) in [5.74, 6) is 0.401. The summed E-state index contributed by atoms with van der Waals surface area (Å²) in [6.45, 7) is 2.04. The number of hydrogen-bond acceptors (Lipinski definition) is 5. The molecule has 2 heterocycles. The Labute approximate surface area is 157 Å². The number of rotatable bonds is 3. The van der Waals surface area contributed by atoms with Crippen LogP contribution in [0.1, 0.15) is 11.1 Å². The second-order valence-corrected chi connectivity index (χ2v) is 9.82. The highest BCUT2D eigenvalue weighted by Gasteiger charge is 2.47. The van der Waals surface area contributed by atoms with Gasteiger partial charge in [-0.1, -0.05) is 53.7 Å². The summed E-state index contributed by atoms with van der Waals surface area (Å²) in [4.78, 5) is 6.42. The minimum atomic E-state index is -3.14. The second-order valence-electron chi connectivity index (χ2n) is 6.72. The number of anilines is 1. The number of benzene rings is 2. The van der Waals surface area contributed by atoms with Crippen molar-refractivity contribution in [3.8, 4) is 0 Å². The predicted molar refractivity (Wildman–Crippen MR) is 105 cm³/mol. The maximum absolute atomic E-state index is 14.4. The maximum atomic E-state index is 14.4. The Morgan fingerprint density at radius 3 is 2.62 bits per heavy atom. The third-order valence-corrected chi connectivity index (χ3v) is 7.44. The van der Waals surface area contributed by atoms with Crippen LogP contribution < -0.4 is 4.90 Å². The maximum Gasteiger partial charge on any atom is 0.164 e. The van der Waals surface area contributed by atoms with Gasteiger partial charge in [-0.05, 0) is 24.6 Å². The van der Waals surface area contributed by atoms with Gasteiger partial charge in [0.15, 0.2) is 15.0 Å². The van der Waals surface area contributed by atoms with Crippen LogP contribution in [-0.2, 0) is 15.6 Å². The Morgan fingerprint density at radius 2 is 1.88 bits per heavy atom. The molecule has 0 saturated carbocycles. The highest BCUT2D eigenvalue weighted by atomic mass is 32.2. The molecule has 0 amide bonds. The standard InChI is InChI=1S/C19H19FN2O2S2/c1-13-6-8-14(9-7-13)10-25-19-21-16-11-26(23,24)12-18(16)22(19)17-5-3-2-4-15(17)20/h2-9,16,18H,10-12H2,1H3/t16-,18+/m1/s1. The Kier molecular flexibility index (Phi) is 4.52. The van der Waals surface area contributed by atoms with Crippen LogP contribution in [0, 0.1) is 12.7 Å². The molecule has 1 saturated heterocycles. The van der Waals surface area contributed by atoms with E-state index in [1.165, 1.54) is 23.4 Å². The normalized spacial score (nSPS) is 23.8. The van der Waals surface area contributed by atoms with Gasteiger partial charge in [0.25, 0.3) is 0 Å². The molecule has 1 fully saturated rings. The average molecular weight is 391 g/mol. The van der Waals surface area contributed by atoms with Crippen molar-refractivity contribution in [3.05, 3.63) is 65.5 Å². The van der Waals surface area contributed by atoms with E-state index in [4.69, 9.17) is 0 Å². The fraction of sp³-hybridized carbons (Fsp3) is 0.316. The quantitative estimate of drug-likeness (QED) is 0.806. The van der Waals surface area contributed by atoms with E-state index in [1.807, 2.05) is 6.92 Å². The van der Waals surface area contributed by atoms with Crippen LogP contribution in [0.15, 0.2) is 53.5 Å². The van der Waals surface area contributed by atoms with Crippen LogP contribution in [0.5, 0.6) is 0 Å². The summed E-state index contributed by atoms with van der Waals surface area (Å²) < 4.78 is 38.5. The van der Waals surface area contributed by atoms with E-state index in [1.54, 1.807) is 23.1 Å². The molecule has 2 aromatic carbocycles. The predicted octanol–water partition coefficient (Wildman–Crippen LogP) is 3.41. The van der Waals surface area contributed by atoms with Gasteiger partial charge in [-0.2, -0.15) is 0 Å². The van der Waals surface area contributed by atoms with Crippen LogP contribution in [-0.4, -0.2) is 37.2 Å². The van der Waals surface area contributed by atoms with E-state index in [0.717, 1.165) is 5.56 Å². The van der Waals surface area contributed by atoms with E-state index in [-0.39, 0.29) is 29.4 Å². The van der Waals surface area contributed by atoms with Crippen molar-refractivity contribution < 1.29 is 12.8 Å². The number of sulfone groups is 1. The lowest BCUT2D eigenvalue weighted by Crippen LogP contribution is -2.39. The highest BCUT2D eigenvalue weighted by molar-refractivity contribution is 8.13. The van der Waals surface area contributed by atoms with E-state index in [2.05, 4.69) is 29.3 Å². The largest absolute Gasteiger partial charge is 0.312 e. The SMILES string of the molecule is Cc1ccc(CSC2=N[C@@H]3CS(=O)(=O)C[C@@H]3N2c2ccccc2F)cc1. The first-order valence-electron chi connectivity index (χ1n) is 8.43. The molecular weight excluding hydrogens is 371 g/mol. The van der Waals surface area contributed by atoms with E-state index >= 15 is 0 Å². The zero-order chi connectivity index (χ0) is 18.3. The molecule has 0 aromatic heterocycles. The van der Waals surface area contributed by atoms with Gasteiger partial charge in [0.05, 0.1) is 29.3 Å². The van der Waals surface area contributed by atoms with Crippen molar-refractivity contribution >= 4 is 32.5 Å². The third-order valence-electron chi connectivity index (χ3n) is 4.71. The molecule has 0 radical (unpaired) electrons. The number of thioether (sulfide) groups is 1. The van der Waals surface area contributed by atoms with E-state index < -0.39 is 9.84 Å². The molecule has 4 nitrogen and oxygen atoms in total. The van der Waals surface area contributed by atoms with Gasteiger partial charge in [0, 0.05) is 5.75 Å². The topological polar surface area (TPSA) is 49.7 Å². The number of amidine groups is 1. The van der Waals surface area contributed by atoms with E-state index in [0.29, 0.717) is 16.6 Å².